The van der Waals surface area contributed by atoms with Crippen molar-refractivity contribution >= 4 is 23.2 Å². The van der Waals surface area contributed by atoms with Crippen molar-refractivity contribution in [2.45, 2.75) is 46.1 Å². The van der Waals surface area contributed by atoms with Gasteiger partial charge in [-0.25, -0.2) is 4.21 Å². The molecule has 3 N–H and O–H groups in total. The molecule has 0 fully saturated rings. The summed E-state index contributed by atoms with van der Waals surface area (Å²) in [5.41, 5.74) is 4.43. The molecule has 0 saturated carbocycles. The summed E-state index contributed by atoms with van der Waals surface area (Å²) < 4.78 is 25.1. The molecule has 0 bridgehead atoms. The molecule has 0 aliphatic carbocycles. The van der Waals surface area contributed by atoms with Crippen molar-refractivity contribution in [2.75, 3.05) is 6.61 Å². The third kappa shape index (κ3) is 7.56. The van der Waals surface area contributed by atoms with Crippen LogP contribution in [0.25, 0.3) is 0 Å². The van der Waals surface area contributed by atoms with E-state index in [4.69, 9.17) is 5.73 Å². The van der Waals surface area contributed by atoms with Crippen LogP contribution in [0.15, 0.2) is 0 Å². The lowest BCUT2D eigenvalue weighted by atomic mass is 9.92. The van der Waals surface area contributed by atoms with Gasteiger partial charge in [0.05, 0.1) is 23.5 Å². The number of carbonyl (C=O) groups excluding carboxylic acids is 2. The normalized spacial score (nSPS) is 16.2. The molecule has 0 aromatic carbocycles. The lowest BCUT2D eigenvalue weighted by molar-refractivity contribution is -0.128. The van der Waals surface area contributed by atoms with Crippen LogP contribution < -0.4 is 11.1 Å². The number of hydrogen-bond donors (Lipinski definition) is 2. The summed E-state index contributed by atoms with van der Waals surface area (Å²) in [6, 6.07) is 0. The van der Waals surface area contributed by atoms with E-state index >= 15 is 0 Å². The van der Waals surface area contributed by atoms with Gasteiger partial charge in [-0.15, -0.1) is 0 Å². The summed E-state index contributed by atoms with van der Waals surface area (Å²) in [6.45, 7) is 6.67. The third-order valence-electron chi connectivity index (χ3n) is 2.96. The van der Waals surface area contributed by atoms with E-state index in [9.17, 15) is 18.4 Å². The average Bonchev–Trinajstić information content (AvgIpc) is 2.32. The predicted molar refractivity (Wildman–Crippen MR) is 73.8 cm³/mol. The third-order valence-corrected chi connectivity index (χ3v) is 3.27. The molecule has 0 heterocycles. The molecule has 0 radical (unpaired) electrons. The van der Waals surface area contributed by atoms with Crippen LogP contribution in [-0.4, -0.2) is 32.7 Å². The van der Waals surface area contributed by atoms with Gasteiger partial charge in [0, 0.05) is 11.8 Å². The first-order chi connectivity index (χ1) is 9.09. The fourth-order valence-corrected chi connectivity index (χ4v) is 2.10. The highest BCUT2D eigenvalue weighted by Crippen LogP contribution is 2.16. The van der Waals surface area contributed by atoms with Crippen molar-refractivity contribution in [1.82, 2.24) is 5.32 Å². The van der Waals surface area contributed by atoms with Gasteiger partial charge in [0.1, 0.15) is 0 Å². The number of hydrogen-bond acceptors (Lipinski definition) is 5. The van der Waals surface area contributed by atoms with Gasteiger partial charge < -0.3 is 15.6 Å². The lowest BCUT2D eigenvalue weighted by Crippen LogP contribution is -2.49. The van der Waals surface area contributed by atoms with Crippen molar-refractivity contribution < 1.29 is 22.5 Å². The fraction of sp³-hybridized carbons (Fsp3) is 0.833. The van der Waals surface area contributed by atoms with E-state index in [-0.39, 0.29) is 18.4 Å². The smallest absolute Gasteiger partial charge is 0.223 e. The molecule has 8 heteroatoms. The first kappa shape index (κ1) is 19.0. The van der Waals surface area contributed by atoms with Crippen LogP contribution >= 0.6 is 0 Å². The van der Waals surface area contributed by atoms with Gasteiger partial charge in [0.25, 0.3) is 0 Å². The summed E-state index contributed by atoms with van der Waals surface area (Å²) in [7, 11) is 0. The molecule has 0 aliphatic rings. The molecule has 0 aromatic rings. The van der Waals surface area contributed by atoms with Crippen molar-refractivity contribution in [2.24, 2.45) is 17.6 Å². The second-order valence-electron chi connectivity index (χ2n) is 5.48. The first-order valence-electron chi connectivity index (χ1n) is 6.43. The number of primary amides is 1. The molecule has 20 heavy (non-hydrogen) atoms. The minimum atomic E-state index is -2.62. The molecule has 0 saturated heterocycles. The van der Waals surface area contributed by atoms with Crippen LogP contribution in [0.2, 0.25) is 0 Å². The van der Waals surface area contributed by atoms with Gasteiger partial charge in [-0.1, -0.05) is 13.8 Å². The Hall–Kier alpha value is -0.990. The maximum Gasteiger partial charge on any atom is 0.223 e. The topological polar surface area (TPSA) is 122 Å². The van der Waals surface area contributed by atoms with Gasteiger partial charge in [0.2, 0.25) is 11.8 Å². The molecule has 3 atom stereocenters. The average molecular weight is 307 g/mol. The highest BCUT2D eigenvalue weighted by atomic mass is 32.2. The van der Waals surface area contributed by atoms with Crippen LogP contribution in [0.3, 0.4) is 0 Å². The molecular weight excluding hydrogens is 284 g/mol. The summed E-state index contributed by atoms with van der Waals surface area (Å²) in [4.78, 5) is 23.2. The number of carbonyl (C=O) groups is 2. The van der Waals surface area contributed by atoms with Gasteiger partial charge in [-0.3, -0.25) is 13.8 Å². The Morgan fingerprint density at radius 3 is 2.40 bits per heavy atom. The summed E-state index contributed by atoms with van der Waals surface area (Å²) in [6.07, 6.45) is 0.941. The Bertz CT molecular complexity index is 373. The fourth-order valence-electron chi connectivity index (χ4n) is 1.71. The zero-order valence-corrected chi connectivity index (χ0v) is 13.1. The largest absolute Gasteiger partial charge is 0.750 e. The molecule has 0 rings (SSSR count). The number of nitrogens with two attached hydrogens (primary N) is 1. The van der Waals surface area contributed by atoms with Gasteiger partial charge in [-0.05, 0) is 26.7 Å². The minimum Gasteiger partial charge on any atom is -0.750 e. The van der Waals surface area contributed by atoms with E-state index in [2.05, 4.69) is 9.50 Å². The molecular formula is C12H23N2O5S-. The quantitative estimate of drug-likeness (QED) is 0.590. The Morgan fingerprint density at radius 1 is 1.45 bits per heavy atom. The minimum absolute atomic E-state index is 0.158. The second kappa shape index (κ2) is 8.33. The summed E-state index contributed by atoms with van der Waals surface area (Å²) >= 11 is -2.62. The molecule has 118 valence electrons. The van der Waals surface area contributed by atoms with E-state index in [1.54, 1.807) is 20.8 Å². The van der Waals surface area contributed by atoms with E-state index in [1.807, 2.05) is 6.92 Å². The van der Waals surface area contributed by atoms with Crippen LogP contribution in [0.5, 0.6) is 0 Å². The monoisotopic (exact) mass is 307 g/mol. The van der Waals surface area contributed by atoms with Crippen LogP contribution in [0, 0.1) is 11.8 Å². The van der Waals surface area contributed by atoms with Gasteiger partial charge in [0.15, 0.2) is 0 Å². The maximum absolute atomic E-state index is 12.0. The maximum atomic E-state index is 12.0. The standard InChI is InChI=1S/C12H24N2O5S/c1-5-9(10(13)15)6-8(2)11(16)14-12(3,4)7-19-20(17)18/h8-9H,5-7H2,1-4H3,(H2,13,15)(H,14,16)(H,17,18)/p-1. The number of rotatable bonds is 9. The molecule has 3 unspecified atom stereocenters. The van der Waals surface area contributed by atoms with Crippen molar-refractivity contribution in [3.05, 3.63) is 0 Å². The van der Waals surface area contributed by atoms with Crippen molar-refractivity contribution in [3.63, 3.8) is 0 Å². The van der Waals surface area contributed by atoms with Gasteiger partial charge >= 0.3 is 0 Å². The number of amides is 2. The van der Waals surface area contributed by atoms with E-state index in [0.29, 0.717) is 12.8 Å². The SMILES string of the molecule is CCC(CC(C)C(=O)NC(C)(C)COS(=O)[O-])C(N)=O. The second-order valence-corrected chi connectivity index (χ2v) is 6.13. The Labute approximate surface area is 122 Å². The molecule has 7 nitrogen and oxygen atoms in total. The van der Waals surface area contributed by atoms with Crippen molar-refractivity contribution in [3.8, 4) is 0 Å². The lowest BCUT2D eigenvalue weighted by Gasteiger charge is -2.28. The molecule has 0 spiro atoms. The zero-order valence-electron chi connectivity index (χ0n) is 12.3. The van der Waals surface area contributed by atoms with Crippen LogP contribution in [0.4, 0.5) is 0 Å². The predicted octanol–water partition coefficient (Wildman–Crippen LogP) is 0.230. The summed E-state index contributed by atoms with van der Waals surface area (Å²) in [5, 5.41) is 2.69. The Balaban J connectivity index is 4.44. The Kier molecular flexibility index (Phi) is 7.92. The van der Waals surface area contributed by atoms with E-state index in [0.717, 1.165) is 0 Å². The summed E-state index contributed by atoms with van der Waals surface area (Å²) in [5.74, 6) is -1.43. The highest BCUT2D eigenvalue weighted by molar-refractivity contribution is 7.74. The van der Waals surface area contributed by atoms with E-state index < -0.39 is 28.7 Å². The van der Waals surface area contributed by atoms with Gasteiger partial charge in [-0.2, -0.15) is 0 Å². The first-order valence-corrected chi connectivity index (χ1v) is 7.43. The van der Waals surface area contributed by atoms with Crippen LogP contribution in [0.1, 0.15) is 40.5 Å². The number of nitrogens with one attached hydrogen (secondary N) is 1. The molecule has 0 aliphatic heterocycles. The van der Waals surface area contributed by atoms with E-state index in [1.165, 1.54) is 0 Å². The highest BCUT2D eigenvalue weighted by Gasteiger charge is 2.26. The molecule has 2 amide bonds. The Morgan fingerprint density at radius 2 is 2.00 bits per heavy atom. The zero-order chi connectivity index (χ0) is 15.9. The molecule has 0 aromatic heterocycles. The van der Waals surface area contributed by atoms with Crippen LogP contribution in [-0.2, 0) is 25.1 Å². The van der Waals surface area contributed by atoms with Crippen molar-refractivity contribution in [1.29, 1.82) is 0 Å².